The van der Waals surface area contributed by atoms with Crippen LogP contribution in [0.2, 0.25) is 0 Å². The molecule has 1 fully saturated rings. The molecule has 1 aliphatic heterocycles. The highest BCUT2D eigenvalue weighted by molar-refractivity contribution is 5.12. The van der Waals surface area contributed by atoms with Crippen molar-refractivity contribution in [2.24, 2.45) is 0 Å². The zero-order valence-corrected chi connectivity index (χ0v) is 6.79. The van der Waals surface area contributed by atoms with Crippen molar-refractivity contribution >= 4 is 5.95 Å². The minimum atomic E-state index is 0.232. The number of piperidine rings is 1. The topological polar surface area (TPSA) is 77.0 Å². The number of hydrogen-bond acceptors (Lipinski definition) is 5. The second kappa shape index (κ2) is 3.10. The molecule has 5 heteroatoms. The van der Waals surface area contributed by atoms with Crippen LogP contribution in [0, 0.1) is 0 Å². The first-order chi connectivity index (χ1) is 5.86. The first-order valence-electron chi connectivity index (χ1n) is 4.16. The van der Waals surface area contributed by atoms with Crippen molar-refractivity contribution in [2.75, 3.05) is 18.8 Å². The molecule has 0 bridgehead atoms. The van der Waals surface area contributed by atoms with E-state index in [0.29, 0.717) is 11.8 Å². The van der Waals surface area contributed by atoms with Crippen LogP contribution in [0.5, 0.6) is 0 Å². The molecule has 1 unspecified atom stereocenters. The van der Waals surface area contributed by atoms with E-state index in [1.165, 1.54) is 0 Å². The van der Waals surface area contributed by atoms with Gasteiger partial charge >= 0.3 is 0 Å². The summed E-state index contributed by atoms with van der Waals surface area (Å²) in [5.41, 5.74) is 5.35. The predicted molar refractivity (Wildman–Crippen MR) is 43.6 cm³/mol. The van der Waals surface area contributed by atoms with Crippen LogP contribution in [0.3, 0.4) is 0 Å². The zero-order valence-electron chi connectivity index (χ0n) is 6.79. The highest BCUT2D eigenvalue weighted by Crippen LogP contribution is 2.21. The Labute approximate surface area is 70.3 Å². The normalized spacial score (nSPS) is 24.2. The first kappa shape index (κ1) is 7.54. The van der Waals surface area contributed by atoms with Gasteiger partial charge in [0.1, 0.15) is 0 Å². The lowest BCUT2D eigenvalue weighted by atomic mass is 10.00. The van der Waals surface area contributed by atoms with Crippen molar-refractivity contribution in [2.45, 2.75) is 18.8 Å². The van der Waals surface area contributed by atoms with Crippen molar-refractivity contribution in [3.63, 3.8) is 0 Å². The molecule has 0 radical (unpaired) electrons. The van der Waals surface area contributed by atoms with Crippen molar-refractivity contribution < 1.29 is 4.52 Å². The van der Waals surface area contributed by atoms with Gasteiger partial charge in [-0.2, -0.15) is 4.98 Å². The van der Waals surface area contributed by atoms with E-state index in [0.717, 1.165) is 25.9 Å². The number of rotatable bonds is 1. The molecule has 1 atom stereocenters. The van der Waals surface area contributed by atoms with Crippen molar-refractivity contribution in [3.8, 4) is 0 Å². The van der Waals surface area contributed by atoms with E-state index in [-0.39, 0.29) is 5.95 Å². The summed E-state index contributed by atoms with van der Waals surface area (Å²) >= 11 is 0. The molecule has 2 heterocycles. The van der Waals surface area contributed by atoms with Gasteiger partial charge in [0.2, 0.25) is 5.89 Å². The summed E-state index contributed by atoms with van der Waals surface area (Å²) in [7, 11) is 0. The van der Waals surface area contributed by atoms with E-state index < -0.39 is 0 Å². The molecule has 1 saturated heterocycles. The van der Waals surface area contributed by atoms with Gasteiger partial charge in [-0.3, -0.25) is 0 Å². The van der Waals surface area contributed by atoms with E-state index in [1.807, 2.05) is 0 Å². The fraction of sp³-hybridized carbons (Fsp3) is 0.714. The van der Waals surface area contributed by atoms with Crippen LogP contribution in [-0.2, 0) is 0 Å². The van der Waals surface area contributed by atoms with Crippen LogP contribution >= 0.6 is 0 Å². The molecule has 1 aromatic heterocycles. The second-order valence-electron chi connectivity index (χ2n) is 3.03. The highest BCUT2D eigenvalue weighted by Gasteiger charge is 2.20. The molecule has 0 aromatic carbocycles. The summed E-state index contributed by atoms with van der Waals surface area (Å²) in [5, 5.41) is 6.83. The number of aromatic nitrogens is 2. The first-order valence-corrected chi connectivity index (χ1v) is 4.16. The molecule has 0 amide bonds. The molecule has 66 valence electrons. The number of hydrogen-bond donors (Lipinski definition) is 2. The van der Waals surface area contributed by atoms with Crippen LogP contribution in [0.25, 0.3) is 0 Å². The molecule has 5 nitrogen and oxygen atoms in total. The summed E-state index contributed by atoms with van der Waals surface area (Å²) in [5.74, 6) is 1.25. The Balaban J connectivity index is 2.08. The van der Waals surface area contributed by atoms with Crippen LogP contribution < -0.4 is 11.1 Å². The summed E-state index contributed by atoms with van der Waals surface area (Å²) in [6.45, 7) is 2.00. The molecule has 0 aliphatic carbocycles. The summed E-state index contributed by atoms with van der Waals surface area (Å²) in [4.78, 5) is 3.99. The van der Waals surface area contributed by atoms with E-state index in [9.17, 15) is 0 Å². The molecule has 1 aromatic rings. The quantitative estimate of drug-likeness (QED) is 0.622. The van der Waals surface area contributed by atoms with E-state index in [1.54, 1.807) is 0 Å². The average molecular weight is 168 g/mol. The molecule has 2 rings (SSSR count). The molecular formula is C7H12N4O. The van der Waals surface area contributed by atoms with E-state index in [2.05, 4.69) is 15.5 Å². The Bertz CT molecular complexity index is 254. The van der Waals surface area contributed by atoms with Gasteiger partial charge in [-0.25, -0.2) is 0 Å². The maximum atomic E-state index is 5.35. The smallest absolute Gasteiger partial charge is 0.260 e. The minimum absolute atomic E-state index is 0.232. The molecule has 1 aliphatic rings. The SMILES string of the molecule is Nc1noc(C2CCCNC2)n1. The second-order valence-corrected chi connectivity index (χ2v) is 3.03. The van der Waals surface area contributed by atoms with Crippen LogP contribution in [-0.4, -0.2) is 23.2 Å². The van der Waals surface area contributed by atoms with E-state index >= 15 is 0 Å². The van der Waals surface area contributed by atoms with E-state index in [4.69, 9.17) is 10.3 Å². The van der Waals surface area contributed by atoms with Crippen molar-refractivity contribution in [1.82, 2.24) is 15.5 Å². The third kappa shape index (κ3) is 1.40. The lowest BCUT2D eigenvalue weighted by Gasteiger charge is -2.18. The molecule has 0 spiro atoms. The number of anilines is 1. The maximum Gasteiger partial charge on any atom is 0.260 e. The minimum Gasteiger partial charge on any atom is -0.365 e. The summed E-state index contributed by atoms with van der Waals surface area (Å²) in [6, 6.07) is 0. The largest absolute Gasteiger partial charge is 0.365 e. The molecule has 12 heavy (non-hydrogen) atoms. The monoisotopic (exact) mass is 168 g/mol. The molecular weight excluding hydrogens is 156 g/mol. The lowest BCUT2D eigenvalue weighted by molar-refractivity contribution is 0.322. The Morgan fingerprint density at radius 1 is 1.58 bits per heavy atom. The van der Waals surface area contributed by atoms with Gasteiger partial charge in [-0.1, -0.05) is 0 Å². The van der Waals surface area contributed by atoms with Crippen LogP contribution in [0.1, 0.15) is 24.7 Å². The van der Waals surface area contributed by atoms with Gasteiger partial charge in [0, 0.05) is 6.54 Å². The number of nitrogen functional groups attached to an aromatic ring is 1. The average Bonchev–Trinajstić information content (AvgIpc) is 2.54. The van der Waals surface area contributed by atoms with Gasteiger partial charge < -0.3 is 15.6 Å². The Hall–Kier alpha value is -1.10. The fourth-order valence-electron chi connectivity index (χ4n) is 1.48. The number of nitrogens with two attached hydrogens (primary N) is 1. The van der Waals surface area contributed by atoms with Crippen LogP contribution in [0.4, 0.5) is 5.95 Å². The lowest BCUT2D eigenvalue weighted by Crippen LogP contribution is -2.28. The Morgan fingerprint density at radius 3 is 3.08 bits per heavy atom. The highest BCUT2D eigenvalue weighted by atomic mass is 16.5. The number of nitrogens with zero attached hydrogens (tertiary/aromatic N) is 2. The third-order valence-electron chi connectivity index (χ3n) is 2.10. The standard InChI is InChI=1S/C7H12N4O/c8-7-10-6(12-11-7)5-2-1-3-9-4-5/h5,9H,1-4H2,(H2,8,11). The van der Waals surface area contributed by atoms with Gasteiger partial charge in [0.05, 0.1) is 5.92 Å². The van der Waals surface area contributed by atoms with Crippen molar-refractivity contribution in [3.05, 3.63) is 5.89 Å². The van der Waals surface area contributed by atoms with Gasteiger partial charge in [0.15, 0.2) is 0 Å². The summed E-state index contributed by atoms with van der Waals surface area (Å²) in [6.07, 6.45) is 2.27. The molecule has 3 N–H and O–H groups in total. The molecule has 0 saturated carbocycles. The maximum absolute atomic E-state index is 5.35. The third-order valence-corrected chi connectivity index (χ3v) is 2.10. The fourth-order valence-corrected chi connectivity index (χ4v) is 1.48. The van der Waals surface area contributed by atoms with Gasteiger partial charge in [-0.05, 0) is 24.5 Å². The van der Waals surface area contributed by atoms with Crippen molar-refractivity contribution in [1.29, 1.82) is 0 Å². The number of nitrogens with one attached hydrogen (secondary N) is 1. The Morgan fingerprint density at radius 2 is 2.50 bits per heavy atom. The predicted octanol–water partition coefficient (Wildman–Crippen LogP) is 0.119. The van der Waals surface area contributed by atoms with Gasteiger partial charge in [-0.15, -0.1) is 0 Å². The Kier molecular flexibility index (Phi) is 1.95. The zero-order chi connectivity index (χ0) is 8.39. The van der Waals surface area contributed by atoms with Crippen LogP contribution in [0.15, 0.2) is 4.52 Å². The van der Waals surface area contributed by atoms with Gasteiger partial charge in [0.25, 0.3) is 5.95 Å². The summed E-state index contributed by atoms with van der Waals surface area (Å²) < 4.78 is 4.98.